The van der Waals surface area contributed by atoms with Gasteiger partial charge in [0.05, 0.1) is 25.9 Å². The first kappa shape index (κ1) is 19.8. The number of amides is 2. The van der Waals surface area contributed by atoms with Crippen LogP contribution < -0.4 is 5.32 Å². The zero-order valence-electron chi connectivity index (χ0n) is 15.6. The third-order valence-electron chi connectivity index (χ3n) is 4.96. The zero-order chi connectivity index (χ0) is 19.2. The minimum atomic E-state index is -0.448. The summed E-state index contributed by atoms with van der Waals surface area (Å²) in [6.07, 6.45) is 2.22. The van der Waals surface area contributed by atoms with Crippen molar-refractivity contribution in [1.82, 2.24) is 14.7 Å². The Morgan fingerprint density at radius 3 is 2.30 bits per heavy atom. The summed E-state index contributed by atoms with van der Waals surface area (Å²) >= 11 is 1.24. The van der Waals surface area contributed by atoms with Crippen LogP contribution in [0.4, 0.5) is 5.69 Å². The molecule has 0 bridgehead atoms. The van der Waals surface area contributed by atoms with Crippen molar-refractivity contribution in [3.8, 4) is 0 Å². The molecule has 2 fully saturated rings. The number of nitrogens with one attached hydrogen (secondary N) is 1. The molecule has 3 heterocycles. The highest BCUT2D eigenvalue weighted by Gasteiger charge is 2.24. The van der Waals surface area contributed by atoms with E-state index in [0.29, 0.717) is 17.1 Å². The SMILES string of the molecule is COC(=O)c1sccc1NC(=O)CN1CCN(CC(=O)N2CCCC2)CC1. The van der Waals surface area contributed by atoms with E-state index in [1.807, 2.05) is 4.90 Å². The van der Waals surface area contributed by atoms with Gasteiger partial charge in [0.1, 0.15) is 4.88 Å². The van der Waals surface area contributed by atoms with Crippen molar-refractivity contribution >= 4 is 34.8 Å². The molecule has 9 heteroatoms. The summed E-state index contributed by atoms with van der Waals surface area (Å²) in [5.41, 5.74) is 0.492. The maximum atomic E-state index is 12.3. The number of hydrogen-bond acceptors (Lipinski definition) is 7. The summed E-state index contributed by atoms with van der Waals surface area (Å²) in [6, 6.07) is 1.71. The minimum Gasteiger partial charge on any atom is -0.465 e. The van der Waals surface area contributed by atoms with E-state index in [-0.39, 0.29) is 18.4 Å². The van der Waals surface area contributed by atoms with E-state index in [0.717, 1.165) is 52.1 Å². The molecule has 0 radical (unpaired) electrons. The molecule has 3 rings (SSSR count). The molecule has 0 spiro atoms. The maximum absolute atomic E-state index is 12.3. The quantitative estimate of drug-likeness (QED) is 0.716. The van der Waals surface area contributed by atoms with Crippen LogP contribution in [0.5, 0.6) is 0 Å². The van der Waals surface area contributed by atoms with Gasteiger partial charge in [-0.3, -0.25) is 19.4 Å². The number of nitrogens with zero attached hydrogens (tertiary/aromatic N) is 3. The predicted molar refractivity (Wildman–Crippen MR) is 103 cm³/mol. The standard InChI is InChI=1S/C18H26N4O4S/c1-26-18(25)17-14(4-11-27-17)19-15(23)12-20-7-9-21(10-8-20)13-16(24)22-5-2-3-6-22/h4,11H,2-3,5-10,12-13H2,1H3,(H,19,23). The molecule has 27 heavy (non-hydrogen) atoms. The molecule has 2 saturated heterocycles. The number of likely N-dealkylation sites (tertiary alicyclic amines) is 1. The first-order valence-corrected chi connectivity index (χ1v) is 10.1. The summed E-state index contributed by atoms with van der Waals surface area (Å²) in [6.45, 7) is 5.55. The Kier molecular flexibility index (Phi) is 6.81. The topological polar surface area (TPSA) is 82.2 Å². The van der Waals surface area contributed by atoms with Gasteiger partial charge in [-0.25, -0.2) is 4.79 Å². The number of rotatable bonds is 6. The Morgan fingerprint density at radius 2 is 1.67 bits per heavy atom. The van der Waals surface area contributed by atoms with Crippen LogP contribution in [-0.4, -0.2) is 92.0 Å². The number of carbonyl (C=O) groups is 3. The molecule has 2 aliphatic heterocycles. The number of hydrogen-bond donors (Lipinski definition) is 1. The highest BCUT2D eigenvalue weighted by atomic mass is 32.1. The van der Waals surface area contributed by atoms with Gasteiger partial charge in [-0.1, -0.05) is 0 Å². The summed E-state index contributed by atoms with van der Waals surface area (Å²) in [7, 11) is 1.32. The van der Waals surface area contributed by atoms with Gasteiger partial charge in [0, 0.05) is 39.3 Å². The lowest BCUT2D eigenvalue weighted by Gasteiger charge is -2.34. The molecule has 0 aliphatic carbocycles. The summed E-state index contributed by atoms with van der Waals surface area (Å²) < 4.78 is 4.72. The van der Waals surface area contributed by atoms with Gasteiger partial charge in [0.2, 0.25) is 11.8 Å². The van der Waals surface area contributed by atoms with Crippen LogP contribution in [0.2, 0.25) is 0 Å². The Labute approximate surface area is 163 Å². The second-order valence-corrected chi connectivity index (χ2v) is 7.76. The Bertz CT molecular complexity index is 679. The molecule has 0 saturated carbocycles. The van der Waals surface area contributed by atoms with Crippen molar-refractivity contribution in [1.29, 1.82) is 0 Å². The van der Waals surface area contributed by atoms with E-state index >= 15 is 0 Å². The Hall–Kier alpha value is -1.97. The van der Waals surface area contributed by atoms with Crippen LogP contribution in [0.1, 0.15) is 22.5 Å². The monoisotopic (exact) mass is 394 g/mol. The first-order valence-electron chi connectivity index (χ1n) is 9.25. The maximum Gasteiger partial charge on any atom is 0.350 e. The van der Waals surface area contributed by atoms with Gasteiger partial charge < -0.3 is 15.0 Å². The van der Waals surface area contributed by atoms with Gasteiger partial charge in [-0.05, 0) is 24.3 Å². The predicted octanol–water partition coefficient (Wildman–Crippen LogP) is 0.713. The van der Waals surface area contributed by atoms with Crippen molar-refractivity contribution in [3.63, 3.8) is 0 Å². The third kappa shape index (κ3) is 5.27. The normalized spacial score (nSPS) is 18.5. The average Bonchev–Trinajstić information content (AvgIpc) is 3.34. The number of carbonyl (C=O) groups excluding carboxylic acids is 3. The van der Waals surface area contributed by atoms with E-state index in [1.54, 1.807) is 11.4 Å². The van der Waals surface area contributed by atoms with Crippen LogP contribution in [-0.2, 0) is 14.3 Å². The molecule has 0 aromatic carbocycles. The third-order valence-corrected chi connectivity index (χ3v) is 5.85. The van der Waals surface area contributed by atoms with Crippen molar-refractivity contribution < 1.29 is 19.1 Å². The van der Waals surface area contributed by atoms with Crippen LogP contribution in [0, 0.1) is 0 Å². The fourth-order valence-electron chi connectivity index (χ4n) is 3.41. The number of ether oxygens (including phenoxy) is 1. The van der Waals surface area contributed by atoms with E-state index in [9.17, 15) is 14.4 Å². The fourth-order valence-corrected chi connectivity index (χ4v) is 4.18. The van der Waals surface area contributed by atoms with Crippen molar-refractivity contribution in [2.75, 3.05) is 64.8 Å². The summed E-state index contributed by atoms with van der Waals surface area (Å²) in [5, 5.41) is 4.54. The number of methoxy groups -OCH3 is 1. The number of thiophene rings is 1. The molecular formula is C18H26N4O4S. The molecule has 2 aliphatic rings. The van der Waals surface area contributed by atoms with Crippen LogP contribution >= 0.6 is 11.3 Å². The Morgan fingerprint density at radius 1 is 1.04 bits per heavy atom. The highest BCUT2D eigenvalue weighted by Crippen LogP contribution is 2.23. The molecule has 2 amide bonds. The lowest BCUT2D eigenvalue weighted by Crippen LogP contribution is -2.51. The molecule has 1 aromatic heterocycles. The molecule has 148 valence electrons. The van der Waals surface area contributed by atoms with Crippen molar-refractivity contribution in [3.05, 3.63) is 16.3 Å². The first-order chi connectivity index (χ1) is 13.1. The molecule has 0 atom stereocenters. The van der Waals surface area contributed by atoms with Gasteiger partial charge in [-0.15, -0.1) is 11.3 Å². The number of piperazine rings is 1. The zero-order valence-corrected chi connectivity index (χ0v) is 16.4. The van der Waals surface area contributed by atoms with Gasteiger partial charge >= 0.3 is 5.97 Å². The molecular weight excluding hydrogens is 368 g/mol. The molecule has 8 nitrogen and oxygen atoms in total. The lowest BCUT2D eigenvalue weighted by molar-refractivity contribution is -0.132. The van der Waals surface area contributed by atoms with Crippen molar-refractivity contribution in [2.24, 2.45) is 0 Å². The van der Waals surface area contributed by atoms with Crippen molar-refractivity contribution in [2.45, 2.75) is 12.8 Å². The van der Waals surface area contributed by atoms with E-state index in [4.69, 9.17) is 4.74 Å². The smallest absolute Gasteiger partial charge is 0.350 e. The summed E-state index contributed by atoms with van der Waals surface area (Å²) in [4.78, 5) is 42.8. The fraction of sp³-hybridized carbons (Fsp3) is 0.611. The van der Waals surface area contributed by atoms with E-state index < -0.39 is 5.97 Å². The van der Waals surface area contributed by atoms with Gasteiger partial charge in [0.25, 0.3) is 0 Å². The second-order valence-electron chi connectivity index (χ2n) is 6.84. The average molecular weight is 394 g/mol. The molecule has 0 unspecified atom stereocenters. The van der Waals surface area contributed by atoms with Gasteiger partial charge in [-0.2, -0.15) is 0 Å². The second kappa shape index (κ2) is 9.29. The Balaban J connectivity index is 1.41. The van der Waals surface area contributed by atoms with Gasteiger partial charge in [0.15, 0.2) is 0 Å². The van der Waals surface area contributed by atoms with Crippen LogP contribution in [0.25, 0.3) is 0 Å². The molecule has 1 aromatic rings. The lowest BCUT2D eigenvalue weighted by atomic mass is 10.3. The van der Waals surface area contributed by atoms with Crippen LogP contribution in [0.15, 0.2) is 11.4 Å². The number of anilines is 1. The number of esters is 1. The summed E-state index contributed by atoms with van der Waals surface area (Å²) in [5.74, 6) is -0.386. The largest absolute Gasteiger partial charge is 0.465 e. The molecule has 1 N–H and O–H groups in total. The highest BCUT2D eigenvalue weighted by molar-refractivity contribution is 7.12. The minimum absolute atomic E-state index is 0.153. The van der Waals surface area contributed by atoms with Crippen LogP contribution in [0.3, 0.4) is 0 Å². The van der Waals surface area contributed by atoms with E-state index in [2.05, 4.69) is 15.1 Å². The van der Waals surface area contributed by atoms with E-state index in [1.165, 1.54) is 18.4 Å².